The van der Waals surface area contributed by atoms with Gasteiger partial charge < -0.3 is 0 Å². The Balaban J connectivity index is 4.54. The highest BCUT2D eigenvalue weighted by molar-refractivity contribution is 4.76. The standard InChI is InChI=1S/C20H42/c1-6-11-14-17-18(9-4)20(10-5)19(15-12-7-2)16-13-8-3/h18-20H,6-17H2,1-5H3. The average molecular weight is 283 g/mol. The number of rotatable bonds is 14. The van der Waals surface area contributed by atoms with Crippen LogP contribution in [0.15, 0.2) is 0 Å². The molecule has 0 aromatic heterocycles. The van der Waals surface area contributed by atoms with E-state index in [2.05, 4.69) is 34.6 Å². The van der Waals surface area contributed by atoms with Crippen LogP contribution in [0.4, 0.5) is 0 Å². The molecule has 0 spiro atoms. The van der Waals surface area contributed by atoms with Gasteiger partial charge in [-0.1, -0.05) is 112 Å². The molecule has 0 amide bonds. The lowest BCUT2D eigenvalue weighted by atomic mass is 9.72. The van der Waals surface area contributed by atoms with E-state index in [0.717, 1.165) is 17.8 Å². The molecule has 0 fully saturated rings. The van der Waals surface area contributed by atoms with E-state index in [9.17, 15) is 0 Å². The smallest absolute Gasteiger partial charge is 0.0360 e. The van der Waals surface area contributed by atoms with Gasteiger partial charge in [0, 0.05) is 0 Å². The van der Waals surface area contributed by atoms with Gasteiger partial charge in [0.15, 0.2) is 0 Å². The van der Waals surface area contributed by atoms with E-state index in [4.69, 9.17) is 0 Å². The van der Waals surface area contributed by atoms with Crippen LogP contribution in [0.5, 0.6) is 0 Å². The third kappa shape index (κ3) is 8.32. The van der Waals surface area contributed by atoms with Crippen molar-refractivity contribution in [2.45, 2.75) is 112 Å². The largest absolute Gasteiger partial charge is 0.0654 e. The summed E-state index contributed by atoms with van der Waals surface area (Å²) in [5.41, 5.74) is 0. The number of unbranched alkanes of at least 4 members (excludes halogenated alkanes) is 4. The van der Waals surface area contributed by atoms with E-state index in [1.807, 2.05) is 0 Å². The van der Waals surface area contributed by atoms with Gasteiger partial charge in [-0.15, -0.1) is 0 Å². The lowest BCUT2D eigenvalue weighted by molar-refractivity contribution is 0.173. The quantitative estimate of drug-likeness (QED) is 0.287. The van der Waals surface area contributed by atoms with Crippen LogP contribution in [-0.2, 0) is 0 Å². The second-order valence-corrected chi connectivity index (χ2v) is 6.78. The van der Waals surface area contributed by atoms with E-state index in [1.165, 1.54) is 77.0 Å². The first kappa shape index (κ1) is 20.0. The highest BCUT2D eigenvalue weighted by Crippen LogP contribution is 2.36. The summed E-state index contributed by atoms with van der Waals surface area (Å²) in [4.78, 5) is 0. The van der Waals surface area contributed by atoms with Crippen molar-refractivity contribution in [1.29, 1.82) is 0 Å². The van der Waals surface area contributed by atoms with Gasteiger partial charge >= 0.3 is 0 Å². The maximum Gasteiger partial charge on any atom is -0.0360 e. The Kier molecular flexibility index (Phi) is 14.0. The summed E-state index contributed by atoms with van der Waals surface area (Å²) in [6, 6.07) is 0. The molecule has 0 nitrogen and oxygen atoms in total. The molecule has 0 saturated heterocycles. The van der Waals surface area contributed by atoms with Gasteiger partial charge in [0.1, 0.15) is 0 Å². The van der Waals surface area contributed by atoms with Gasteiger partial charge in [-0.05, 0) is 17.8 Å². The zero-order chi connectivity index (χ0) is 15.2. The molecule has 0 aliphatic heterocycles. The maximum absolute atomic E-state index is 2.44. The molecule has 0 aromatic carbocycles. The van der Waals surface area contributed by atoms with E-state index < -0.39 is 0 Å². The Bertz CT molecular complexity index is 176. The molecular formula is C20H42. The highest BCUT2D eigenvalue weighted by Gasteiger charge is 2.25. The predicted molar refractivity (Wildman–Crippen MR) is 94.2 cm³/mol. The maximum atomic E-state index is 2.44. The first-order chi connectivity index (χ1) is 9.74. The van der Waals surface area contributed by atoms with Gasteiger partial charge in [0.05, 0.1) is 0 Å². The normalized spacial score (nSPS) is 14.7. The molecule has 2 atom stereocenters. The van der Waals surface area contributed by atoms with Crippen LogP contribution in [0, 0.1) is 17.8 Å². The topological polar surface area (TPSA) is 0 Å². The second kappa shape index (κ2) is 14.0. The third-order valence-corrected chi connectivity index (χ3v) is 5.24. The summed E-state index contributed by atoms with van der Waals surface area (Å²) >= 11 is 0. The van der Waals surface area contributed by atoms with Crippen molar-refractivity contribution in [3.63, 3.8) is 0 Å². The van der Waals surface area contributed by atoms with E-state index in [0.29, 0.717) is 0 Å². The summed E-state index contributed by atoms with van der Waals surface area (Å²) in [5, 5.41) is 0. The second-order valence-electron chi connectivity index (χ2n) is 6.78. The first-order valence-corrected chi connectivity index (χ1v) is 9.74. The van der Waals surface area contributed by atoms with Crippen molar-refractivity contribution in [1.82, 2.24) is 0 Å². The van der Waals surface area contributed by atoms with Crippen molar-refractivity contribution >= 4 is 0 Å². The summed E-state index contributed by atoms with van der Waals surface area (Å²) in [6.07, 6.45) is 17.1. The number of hydrogen-bond donors (Lipinski definition) is 0. The molecule has 0 N–H and O–H groups in total. The van der Waals surface area contributed by atoms with Crippen LogP contribution < -0.4 is 0 Å². The fraction of sp³-hybridized carbons (Fsp3) is 1.00. The molecule has 0 aromatic rings. The van der Waals surface area contributed by atoms with Crippen molar-refractivity contribution in [3.8, 4) is 0 Å². The predicted octanol–water partition coefficient (Wildman–Crippen LogP) is 7.62. The zero-order valence-electron chi connectivity index (χ0n) is 15.2. The monoisotopic (exact) mass is 282 g/mol. The molecule has 20 heavy (non-hydrogen) atoms. The summed E-state index contributed by atoms with van der Waals surface area (Å²) in [6.45, 7) is 11.9. The fourth-order valence-electron chi connectivity index (χ4n) is 3.93. The van der Waals surface area contributed by atoms with Crippen molar-refractivity contribution in [2.75, 3.05) is 0 Å². The molecule has 0 rings (SSSR count). The van der Waals surface area contributed by atoms with Crippen LogP contribution in [0.3, 0.4) is 0 Å². The molecule has 0 aliphatic rings. The molecule has 122 valence electrons. The van der Waals surface area contributed by atoms with Crippen LogP contribution in [0.25, 0.3) is 0 Å². The minimum Gasteiger partial charge on any atom is -0.0654 e. The van der Waals surface area contributed by atoms with Gasteiger partial charge in [-0.3, -0.25) is 0 Å². The molecule has 0 heteroatoms. The molecular weight excluding hydrogens is 240 g/mol. The Labute approximate surface area is 130 Å². The molecule has 2 unspecified atom stereocenters. The first-order valence-electron chi connectivity index (χ1n) is 9.74. The van der Waals surface area contributed by atoms with Crippen LogP contribution >= 0.6 is 0 Å². The third-order valence-electron chi connectivity index (χ3n) is 5.24. The van der Waals surface area contributed by atoms with Gasteiger partial charge in [0.2, 0.25) is 0 Å². The number of hydrogen-bond acceptors (Lipinski definition) is 0. The van der Waals surface area contributed by atoms with Gasteiger partial charge in [-0.2, -0.15) is 0 Å². The van der Waals surface area contributed by atoms with E-state index in [-0.39, 0.29) is 0 Å². The lowest BCUT2D eigenvalue weighted by Gasteiger charge is -2.33. The minimum atomic E-state index is 0.991. The molecule has 0 aliphatic carbocycles. The Hall–Kier alpha value is 0. The van der Waals surface area contributed by atoms with Crippen LogP contribution in [0.2, 0.25) is 0 Å². The SMILES string of the molecule is CCCCCC(CC)C(CC)C(CCCC)CCCC. The van der Waals surface area contributed by atoms with Crippen molar-refractivity contribution in [3.05, 3.63) is 0 Å². The molecule has 0 heterocycles. The van der Waals surface area contributed by atoms with Gasteiger partial charge in [-0.25, -0.2) is 0 Å². The summed E-state index contributed by atoms with van der Waals surface area (Å²) in [7, 11) is 0. The molecule has 0 bridgehead atoms. The van der Waals surface area contributed by atoms with Crippen LogP contribution in [-0.4, -0.2) is 0 Å². The highest BCUT2D eigenvalue weighted by atomic mass is 14.3. The fourth-order valence-corrected chi connectivity index (χ4v) is 3.93. The molecule has 0 radical (unpaired) electrons. The van der Waals surface area contributed by atoms with Crippen molar-refractivity contribution in [2.24, 2.45) is 17.8 Å². The Morgan fingerprint density at radius 1 is 0.500 bits per heavy atom. The van der Waals surface area contributed by atoms with E-state index in [1.54, 1.807) is 0 Å². The molecule has 0 saturated carbocycles. The Morgan fingerprint density at radius 2 is 1.00 bits per heavy atom. The minimum absolute atomic E-state index is 0.991. The van der Waals surface area contributed by atoms with E-state index >= 15 is 0 Å². The van der Waals surface area contributed by atoms with Crippen LogP contribution in [0.1, 0.15) is 112 Å². The Morgan fingerprint density at radius 3 is 1.40 bits per heavy atom. The summed E-state index contributed by atoms with van der Waals surface area (Å²) < 4.78 is 0. The lowest BCUT2D eigenvalue weighted by Crippen LogP contribution is -2.23. The summed E-state index contributed by atoms with van der Waals surface area (Å²) in [5.74, 6) is 2.99. The average Bonchev–Trinajstić information content (AvgIpc) is 2.48. The van der Waals surface area contributed by atoms with Gasteiger partial charge in [0.25, 0.3) is 0 Å². The van der Waals surface area contributed by atoms with Crippen molar-refractivity contribution < 1.29 is 0 Å². The zero-order valence-corrected chi connectivity index (χ0v) is 15.2.